The van der Waals surface area contributed by atoms with Crippen molar-refractivity contribution in [1.29, 1.82) is 0 Å². The quantitative estimate of drug-likeness (QED) is 0.844. The molecule has 0 bridgehead atoms. The lowest BCUT2D eigenvalue weighted by atomic mass is 10.1. The van der Waals surface area contributed by atoms with Gasteiger partial charge in [0.15, 0.2) is 11.6 Å². The number of halogens is 1. The molecular weight excluding hydrogens is 269 g/mol. The number of nitrogens with zero attached hydrogens (tertiary/aromatic N) is 1. The van der Waals surface area contributed by atoms with Gasteiger partial charge in [0.1, 0.15) is 6.61 Å². The van der Waals surface area contributed by atoms with Gasteiger partial charge in [-0.25, -0.2) is 4.39 Å². The van der Waals surface area contributed by atoms with Crippen molar-refractivity contribution in [3.63, 3.8) is 0 Å². The molecule has 0 spiro atoms. The molecule has 0 fully saturated rings. The van der Waals surface area contributed by atoms with Crippen LogP contribution in [0, 0.1) is 12.7 Å². The highest BCUT2D eigenvalue weighted by Crippen LogP contribution is 2.15. The summed E-state index contributed by atoms with van der Waals surface area (Å²) in [5, 5.41) is 0. The molecule has 0 radical (unpaired) electrons. The second kappa shape index (κ2) is 6.88. The number of ether oxygens (including phenoxy) is 1. The van der Waals surface area contributed by atoms with Gasteiger partial charge in [-0.3, -0.25) is 4.79 Å². The Morgan fingerprint density at radius 1 is 1.19 bits per heavy atom. The van der Waals surface area contributed by atoms with Gasteiger partial charge in [-0.15, -0.1) is 0 Å². The monoisotopic (exact) mass is 287 g/mol. The van der Waals surface area contributed by atoms with Gasteiger partial charge in [-0.2, -0.15) is 0 Å². The van der Waals surface area contributed by atoms with E-state index in [0.717, 1.165) is 5.56 Å². The number of rotatable bonds is 5. The lowest BCUT2D eigenvalue weighted by Gasteiger charge is -2.18. The van der Waals surface area contributed by atoms with Gasteiger partial charge in [0.2, 0.25) is 0 Å². The maximum absolute atomic E-state index is 13.4. The Balaban J connectivity index is 1.89. The summed E-state index contributed by atoms with van der Waals surface area (Å²) >= 11 is 0. The molecule has 0 unspecified atom stereocenters. The number of aryl methyl sites for hydroxylation is 1. The van der Waals surface area contributed by atoms with E-state index in [4.69, 9.17) is 4.74 Å². The Morgan fingerprint density at radius 2 is 1.95 bits per heavy atom. The zero-order valence-corrected chi connectivity index (χ0v) is 12.2. The van der Waals surface area contributed by atoms with Crippen LogP contribution in [0.5, 0.6) is 5.75 Å². The van der Waals surface area contributed by atoms with Crippen molar-refractivity contribution in [2.75, 3.05) is 20.2 Å². The summed E-state index contributed by atoms with van der Waals surface area (Å²) in [6.45, 7) is 2.58. The van der Waals surface area contributed by atoms with E-state index in [1.807, 2.05) is 25.1 Å². The molecule has 0 N–H and O–H groups in total. The van der Waals surface area contributed by atoms with Crippen LogP contribution < -0.4 is 4.74 Å². The Bertz CT molecular complexity index is 628. The number of likely N-dealkylation sites (N-methyl/N-ethyl adjacent to an activating group) is 1. The lowest BCUT2D eigenvalue weighted by molar-refractivity contribution is 0.0773. The zero-order valence-electron chi connectivity index (χ0n) is 12.2. The van der Waals surface area contributed by atoms with Crippen LogP contribution in [0.2, 0.25) is 0 Å². The highest BCUT2D eigenvalue weighted by atomic mass is 19.1. The molecule has 2 aromatic carbocycles. The first-order valence-electron chi connectivity index (χ1n) is 6.77. The molecule has 0 heterocycles. The van der Waals surface area contributed by atoms with E-state index in [1.165, 1.54) is 6.07 Å². The summed E-state index contributed by atoms with van der Waals surface area (Å²) in [5.74, 6) is -0.269. The van der Waals surface area contributed by atoms with Crippen LogP contribution in [0.1, 0.15) is 15.9 Å². The van der Waals surface area contributed by atoms with Crippen molar-refractivity contribution < 1.29 is 13.9 Å². The number of hydrogen-bond donors (Lipinski definition) is 0. The van der Waals surface area contributed by atoms with Crippen LogP contribution in [-0.2, 0) is 0 Å². The average molecular weight is 287 g/mol. The maximum Gasteiger partial charge on any atom is 0.253 e. The number of para-hydroxylation sites is 1. The Morgan fingerprint density at radius 3 is 2.67 bits per heavy atom. The molecule has 0 atom stereocenters. The lowest BCUT2D eigenvalue weighted by Crippen LogP contribution is -2.31. The van der Waals surface area contributed by atoms with Crippen LogP contribution >= 0.6 is 0 Å². The SMILES string of the molecule is Cc1cccc(C(=O)N(C)CCOc2ccccc2F)c1. The second-order valence-corrected chi connectivity index (χ2v) is 4.88. The van der Waals surface area contributed by atoms with Crippen LogP contribution in [0.25, 0.3) is 0 Å². The Hall–Kier alpha value is -2.36. The fourth-order valence-corrected chi connectivity index (χ4v) is 1.95. The minimum atomic E-state index is -0.398. The molecular formula is C17H18FNO2. The number of carbonyl (C=O) groups excluding carboxylic acids is 1. The van der Waals surface area contributed by atoms with Gasteiger partial charge in [0, 0.05) is 12.6 Å². The third-order valence-corrected chi connectivity index (χ3v) is 3.13. The van der Waals surface area contributed by atoms with Crippen LogP contribution in [0.3, 0.4) is 0 Å². The molecule has 2 rings (SSSR count). The Kier molecular flexibility index (Phi) is 4.93. The van der Waals surface area contributed by atoms with E-state index in [0.29, 0.717) is 12.1 Å². The predicted molar refractivity (Wildman–Crippen MR) is 80.0 cm³/mol. The molecule has 0 saturated heterocycles. The number of amides is 1. The third-order valence-electron chi connectivity index (χ3n) is 3.13. The normalized spacial score (nSPS) is 10.2. The molecule has 0 aromatic heterocycles. The molecule has 21 heavy (non-hydrogen) atoms. The third kappa shape index (κ3) is 4.05. The number of hydrogen-bond acceptors (Lipinski definition) is 2. The van der Waals surface area contributed by atoms with Gasteiger partial charge in [0.25, 0.3) is 5.91 Å². The average Bonchev–Trinajstić information content (AvgIpc) is 2.48. The maximum atomic E-state index is 13.4. The first-order chi connectivity index (χ1) is 10.1. The molecule has 2 aromatic rings. The molecule has 1 amide bonds. The minimum Gasteiger partial charge on any atom is -0.489 e. The summed E-state index contributed by atoms with van der Waals surface area (Å²) in [4.78, 5) is 13.8. The summed E-state index contributed by atoms with van der Waals surface area (Å²) in [6.07, 6.45) is 0. The van der Waals surface area contributed by atoms with Gasteiger partial charge in [-0.1, -0.05) is 29.8 Å². The van der Waals surface area contributed by atoms with Crippen LogP contribution in [-0.4, -0.2) is 31.0 Å². The molecule has 0 aliphatic heterocycles. The standard InChI is InChI=1S/C17H18FNO2/c1-13-6-5-7-14(12-13)17(20)19(2)10-11-21-16-9-4-3-8-15(16)18/h3-9,12H,10-11H2,1-2H3. The van der Waals surface area contributed by atoms with E-state index in [1.54, 1.807) is 36.2 Å². The summed E-state index contributed by atoms with van der Waals surface area (Å²) in [5.41, 5.74) is 1.68. The van der Waals surface area contributed by atoms with Gasteiger partial charge in [0.05, 0.1) is 6.54 Å². The van der Waals surface area contributed by atoms with E-state index in [2.05, 4.69) is 0 Å². The summed E-state index contributed by atoms with van der Waals surface area (Å²) in [7, 11) is 1.70. The van der Waals surface area contributed by atoms with E-state index >= 15 is 0 Å². The van der Waals surface area contributed by atoms with Gasteiger partial charge < -0.3 is 9.64 Å². The van der Waals surface area contributed by atoms with Crippen LogP contribution in [0.15, 0.2) is 48.5 Å². The van der Waals surface area contributed by atoms with E-state index in [9.17, 15) is 9.18 Å². The topological polar surface area (TPSA) is 29.5 Å². The van der Waals surface area contributed by atoms with Crippen molar-refractivity contribution in [3.05, 3.63) is 65.5 Å². The zero-order chi connectivity index (χ0) is 15.2. The fourth-order valence-electron chi connectivity index (χ4n) is 1.95. The van der Waals surface area contributed by atoms with Crippen LogP contribution in [0.4, 0.5) is 4.39 Å². The highest BCUT2D eigenvalue weighted by Gasteiger charge is 2.11. The highest BCUT2D eigenvalue weighted by molar-refractivity contribution is 5.94. The predicted octanol–water partition coefficient (Wildman–Crippen LogP) is 3.29. The van der Waals surface area contributed by atoms with E-state index in [-0.39, 0.29) is 18.3 Å². The second-order valence-electron chi connectivity index (χ2n) is 4.88. The van der Waals surface area contributed by atoms with Crippen molar-refractivity contribution in [3.8, 4) is 5.75 Å². The minimum absolute atomic E-state index is 0.0733. The van der Waals surface area contributed by atoms with Crippen molar-refractivity contribution in [2.45, 2.75) is 6.92 Å². The first kappa shape index (κ1) is 15.0. The van der Waals surface area contributed by atoms with E-state index < -0.39 is 5.82 Å². The van der Waals surface area contributed by atoms with Gasteiger partial charge >= 0.3 is 0 Å². The summed E-state index contributed by atoms with van der Waals surface area (Å²) in [6, 6.07) is 13.6. The largest absolute Gasteiger partial charge is 0.489 e. The molecule has 4 heteroatoms. The molecule has 0 saturated carbocycles. The molecule has 0 aliphatic rings. The first-order valence-corrected chi connectivity index (χ1v) is 6.77. The fraction of sp³-hybridized carbons (Fsp3) is 0.235. The van der Waals surface area contributed by atoms with Crippen molar-refractivity contribution in [1.82, 2.24) is 4.90 Å². The Labute approximate surface area is 124 Å². The van der Waals surface area contributed by atoms with Gasteiger partial charge in [-0.05, 0) is 31.2 Å². The number of benzene rings is 2. The molecule has 110 valence electrons. The number of carbonyl (C=O) groups is 1. The van der Waals surface area contributed by atoms with Crippen molar-refractivity contribution >= 4 is 5.91 Å². The summed E-state index contributed by atoms with van der Waals surface area (Å²) < 4.78 is 18.7. The van der Waals surface area contributed by atoms with Crippen molar-refractivity contribution in [2.24, 2.45) is 0 Å². The molecule has 3 nitrogen and oxygen atoms in total. The molecule has 0 aliphatic carbocycles. The smallest absolute Gasteiger partial charge is 0.253 e.